The van der Waals surface area contributed by atoms with E-state index in [0.717, 1.165) is 12.8 Å². The number of fused-ring (bicyclic) bond motifs is 6. The number of benzene rings is 4. The first-order valence-electron chi connectivity index (χ1n) is 10.5. The van der Waals surface area contributed by atoms with Crippen LogP contribution in [0.1, 0.15) is 38.9 Å². The zero-order valence-electron chi connectivity index (χ0n) is 17.4. The van der Waals surface area contributed by atoms with E-state index in [2.05, 4.69) is 99.6 Å². The lowest BCUT2D eigenvalue weighted by Gasteiger charge is -2.21. The van der Waals surface area contributed by atoms with Crippen LogP contribution in [0.2, 0.25) is 0 Å². The highest BCUT2D eigenvalue weighted by Crippen LogP contribution is 2.37. The van der Waals surface area contributed by atoms with Crippen molar-refractivity contribution in [3.05, 3.63) is 118 Å². The Morgan fingerprint density at radius 1 is 0.414 bits per heavy atom. The van der Waals surface area contributed by atoms with E-state index >= 15 is 0 Å². The van der Waals surface area contributed by atoms with E-state index in [9.17, 15) is 0 Å². The molecule has 5 rings (SSSR count). The van der Waals surface area contributed by atoms with E-state index in [4.69, 9.17) is 0 Å². The Hall–Kier alpha value is -3.12. The Morgan fingerprint density at radius 3 is 1.62 bits per heavy atom. The lowest BCUT2D eigenvalue weighted by atomic mass is 9.83. The molecule has 4 aromatic rings. The van der Waals surface area contributed by atoms with E-state index < -0.39 is 0 Å². The van der Waals surface area contributed by atoms with Gasteiger partial charge >= 0.3 is 0 Å². The highest BCUT2D eigenvalue weighted by molar-refractivity contribution is 5.78. The second-order valence-corrected chi connectivity index (χ2v) is 8.49. The standard InChI is InChI=1S/C29H26/c1-19-9-12-27-24(14-19)18-25-15-20(2)10-13-28(25)29-16-21(3)8-11-23(29)17-22-6-4-5-7-26(22)27/h4-16H,17-18H2,1-3H3. The molecule has 0 unspecified atom stereocenters. The summed E-state index contributed by atoms with van der Waals surface area (Å²) in [5.74, 6) is 0. The van der Waals surface area contributed by atoms with Gasteiger partial charge in [-0.25, -0.2) is 0 Å². The molecule has 0 saturated carbocycles. The van der Waals surface area contributed by atoms with Crippen LogP contribution >= 0.6 is 0 Å². The van der Waals surface area contributed by atoms with Gasteiger partial charge in [0.2, 0.25) is 0 Å². The largest absolute Gasteiger partial charge is 0.0619 e. The van der Waals surface area contributed by atoms with Crippen LogP contribution < -0.4 is 0 Å². The predicted octanol–water partition coefficient (Wildman–Crippen LogP) is 7.44. The molecule has 1 aliphatic carbocycles. The van der Waals surface area contributed by atoms with E-state index in [-0.39, 0.29) is 0 Å². The van der Waals surface area contributed by atoms with Crippen molar-refractivity contribution in [3.8, 4) is 22.3 Å². The number of aryl methyl sites for hydroxylation is 3. The molecular formula is C29H26. The molecule has 0 nitrogen and oxygen atoms in total. The minimum Gasteiger partial charge on any atom is -0.0619 e. The van der Waals surface area contributed by atoms with Gasteiger partial charge in [0.05, 0.1) is 0 Å². The number of hydrogen-bond donors (Lipinski definition) is 0. The van der Waals surface area contributed by atoms with Crippen LogP contribution in [0.5, 0.6) is 0 Å². The molecule has 0 aromatic heterocycles. The van der Waals surface area contributed by atoms with Crippen LogP contribution in [0.3, 0.4) is 0 Å². The highest BCUT2D eigenvalue weighted by atomic mass is 14.2. The Bertz CT molecular complexity index is 1230. The fourth-order valence-corrected chi connectivity index (χ4v) is 4.71. The summed E-state index contributed by atoms with van der Waals surface area (Å²) in [7, 11) is 0. The molecule has 29 heavy (non-hydrogen) atoms. The summed E-state index contributed by atoms with van der Waals surface area (Å²) < 4.78 is 0. The van der Waals surface area contributed by atoms with Crippen LogP contribution in [-0.2, 0) is 12.8 Å². The van der Waals surface area contributed by atoms with E-state index in [0.29, 0.717) is 0 Å². The summed E-state index contributed by atoms with van der Waals surface area (Å²) in [5.41, 5.74) is 15.1. The van der Waals surface area contributed by atoms with Gasteiger partial charge in [-0.05, 0) is 78.1 Å². The van der Waals surface area contributed by atoms with Crippen molar-refractivity contribution in [2.24, 2.45) is 0 Å². The average molecular weight is 375 g/mol. The van der Waals surface area contributed by atoms with Crippen molar-refractivity contribution in [2.75, 3.05) is 0 Å². The van der Waals surface area contributed by atoms with Crippen molar-refractivity contribution in [2.45, 2.75) is 33.6 Å². The first kappa shape index (κ1) is 17.9. The molecule has 0 fully saturated rings. The second kappa shape index (κ2) is 7.04. The van der Waals surface area contributed by atoms with Gasteiger partial charge in [0.1, 0.15) is 0 Å². The molecule has 0 spiro atoms. The third-order valence-corrected chi connectivity index (χ3v) is 6.15. The highest BCUT2D eigenvalue weighted by Gasteiger charge is 2.18. The molecule has 4 aromatic carbocycles. The Kier molecular flexibility index (Phi) is 4.36. The zero-order valence-corrected chi connectivity index (χ0v) is 17.4. The predicted molar refractivity (Wildman–Crippen MR) is 124 cm³/mol. The van der Waals surface area contributed by atoms with Crippen LogP contribution in [-0.4, -0.2) is 0 Å². The lowest BCUT2D eigenvalue weighted by Crippen LogP contribution is -2.03. The molecule has 0 heterocycles. The lowest BCUT2D eigenvalue weighted by molar-refractivity contribution is 1.14. The summed E-state index contributed by atoms with van der Waals surface area (Å²) in [6.07, 6.45) is 1.90. The third-order valence-electron chi connectivity index (χ3n) is 6.15. The summed E-state index contributed by atoms with van der Waals surface area (Å²) in [4.78, 5) is 0. The van der Waals surface area contributed by atoms with Gasteiger partial charge in [0, 0.05) is 0 Å². The molecule has 0 aliphatic heterocycles. The van der Waals surface area contributed by atoms with Gasteiger partial charge < -0.3 is 0 Å². The monoisotopic (exact) mass is 374 g/mol. The Balaban J connectivity index is 1.85. The average Bonchev–Trinajstić information content (AvgIpc) is 2.70. The third kappa shape index (κ3) is 3.29. The van der Waals surface area contributed by atoms with Crippen LogP contribution in [0, 0.1) is 20.8 Å². The summed E-state index contributed by atoms with van der Waals surface area (Å²) >= 11 is 0. The van der Waals surface area contributed by atoms with Gasteiger partial charge in [-0.3, -0.25) is 0 Å². The van der Waals surface area contributed by atoms with Crippen LogP contribution in [0.4, 0.5) is 0 Å². The maximum Gasteiger partial charge on any atom is -0.00133 e. The van der Waals surface area contributed by atoms with Gasteiger partial charge in [0.25, 0.3) is 0 Å². The minimum absolute atomic E-state index is 0.951. The first-order valence-corrected chi connectivity index (χ1v) is 10.5. The van der Waals surface area contributed by atoms with Crippen molar-refractivity contribution < 1.29 is 0 Å². The molecule has 0 radical (unpaired) electrons. The SMILES string of the molecule is Cc1ccc2c(c1)Cc1cc(C)ccc1-c1cc(C)ccc1Cc1ccccc1-2. The molecular weight excluding hydrogens is 348 g/mol. The maximum atomic E-state index is 2.38. The normalized spacial score (nSPS) is 12.4. The molecule has 0 heteroatoms. The van der Waals surface area contributed by atoms with Crippen LogP contribution in [0.25, 0.3) is 22.3 Å². The van der Waals surface area contributed by atoms with E-state index in [1.165, 1.54) is 61.2 Å². The van der Waals surface area contributed by atoms with Crippen LogP contribution in [0.15, 0.2) is 78.9 Å². The summed E-state index contributed by atoms with van der Waals surface area (Å²) in [6.45, 7) is 6.59. The zero-order chi connectivity index (χ0) is 20.0. The minimum atomic E-state index is 0.951. The van der Waals surface area contributed by atoms with Crippen molar-refractivity contribution in [1.29, 1.82) is 0 Å². The first-order chi connectivity index (χ1) is 14.1. The second-order valence-electron chi connectivity index (χ2n) is 8.49. The molecule has 142 valence electrons. The van der Waals surface area contributed by atoms with Gasteiger partial charge in [-0.15, -0.1) is 0 Å². The van der Waals surface area contributed by atoms with Gasteiger partial charge in [-0.2, -0.15) is 0 Å². The quantitative estimate of drug-likeness (QED) is 0.264. The maximum absolute atomic E-state index is 2.38. The molecule has 0 N–H and O–H groups in total. The topological polar surface area (TPSA) is 0 Å². The number of hydrogen-bond acceptors (Lipinski definition) is 0. The molecule has 0 saturated heterocycles. The van der Waals surface area contributed by atoms with E-state index in [1.54, 1.807) is 0 Å². The molecule has 0 bridgehead atoms. The smallest absolute Gasteiger partial charge is 0.00133 e. The van der Waals surface area contributed by atoms with Crippen molar-refractivity contribution in [3.63, 3.8) is 0 Å². The molecule has 0 atom stereocenters. The molecule has 1 aliphatic rings. The molecule has 0 amide bonds. The van der Waals surface area contributed by atoms with Gasteiger partial charge in [0.15, 0.2) is 0 Å². The number of rotatable bonds is 0. The Labute approximate surface area is 173 Å². The summed E-state index contributed by atoms with van der Waals surface area (Å²) in [6, 6.07) is 29.7. The van der Waals surface area contributed by atoms with Gasteiger partial charge in [-0.1, -0.05) is 95.6 Å². The fourth-order valence-electron chi connectivity index (χ4n) is 4.71. The Morgan fingerprint density at radius 2 is 0.897 bits per heavy atom. The van der Waals surface area contributed by atoms with Crippen molar-refractivity contribution >= 4 is 0 Å². The van der Waals surface area contributed by atoms with Crippen molar-refractivity contribution in [1.82, 2.24) is 0 Å². The summed E-state index contributed by atoms with van der Waals surface area (Å²) in [5, 5.41) is 0. The van der Waals surface area contributed by atoms with E-state index in [1.807, 2.05) is 0 Å². The fraction of sp³-hybridized carbons (Fsp3) is 0.172.